The topological polar surface area (TPSA) is 38.9 Å². The van der Waals surface area contributed by atoms with Crippen LogP contribution >= 0.6 is 15.9 Å². The molecule has 1 heterocycles. The molecule has 17 heavy (non-hydrogen) atoms. The minimum absolute atomic E-state index is 0.0317. The lowest BCUT2D eigenvalue weighted by molar-refractivity contribution is 0.720. The van der Waals surface area contributed by atoms with Crippen molar-refractivity contribution in [2.24, 2.45) is 5.73 Å². The molecule has 88 valence electrons. The van der Waals surface area contributed by atoms with Crippen molar-refractivity contribution in [2.45, 2.75) is 19.4 Å². The van der Waals surface area contributed by atoms with Crippen LogP contribution in [0.5, 0.6) is 0 Å². The van der Waals surface area contributed by atoms with E-state index in [2.05, 4.69) is 46.0 Å². The molecule has 1 aromatic carbocycles. The van der Waals surface area contributed by atoms with E-state index in [9.17, 15) is 0 Å². The van der Waals surface area contributed by atoms with Crippen molar-refractivity contribution in [3.63, 3.8) is 0 Å². The molecular formula is C14H15BrN2. The summed E-state index contributed by atoms with van der Waals surface area (Å²) in [6, 6.07) is 10.3. The highest BCUT2D eigenvalue weighted by Crippen LogP contribution is 2.22. The van der Waals surface area contributed by atoms with E-state index >= 15 is 0 Å². The van der Waals surface area contributed by atoms with Gasteiger partial charge in [0.15, 0.2) is 0 Å². The van der Waals surface area contributed by atoms with Crippen LogP contribution in [0.2, 0.25) is 0 Å². The molecule has 1 unspecified atom stereocenters. The van der Waals surface area contributed by atoms with Crippen LogP contribution in [0.1, 0.15) is 22.7 Å². The highest BCUT2D eigenvalue weighted by molar-refractivity contribution is 9.10. The predicted molar refractivity (Wildman–Crippen MR) is 73.7 cm³/mol. The SMILES string of the molecule is Cc1cc(C(N)Cc2ccncc2)ccc1Br. The van der Waals surface area contributed by atoms with Gasteiger partial charge >= 0.3 is 0 Å². The fraction of sp³-hybridized carbons (Fsp3) is 0.214. The van der Waals surface area contributed by atoms with Crippen molar-refractivity contribution in [2.75, 3.05) is 0 Å². The third kappa shape index (κ3) is 3.14. The molecule has 1 aromatic heterocycles. The summed E-state index contributed by atoms with van der Waals surface area (Å²) < 4.78 is 1.12. The molecule has 0 fully saturated rings. The zero-order valence-corrected chi connectivity index (χ0v) is 11.3. The van der Waals surface area contributed by atoms with Crippen molar-refractivity contribution < 1.29 is 0 Å². The molecule has 0 aliphatic carbocycles. The molecule has 0 bridgehead atoms. The molecule has 2 N–H and O–H groups in total. The molecule has 2 nitrogen and oxygen atoms in total. The van der Waals surface area contributed by atoms with E-state index in [1.807, 2.05) is 12.1 Å². The van der Waals surface area contributed by atoms with E-state index in [1.54, 1.807) is 12.4 Å². The first-order valence-electron chi connectivity index (χ1n) is 5.57. The quantitative estimate of drug-likeness (QED) is 0.941. The summed E-state index contributed by atoms with van der Waals surface area (Å²) in [6.45, 7) is 2.08. The van der Waals surface area contributed by atoms with E-state index in [0.29, 0.717) is 0 Å². The Kier molecular flexibility index (Phi) is 3.92. The zero-order valence-electron chi connectivity index (χ0n) is 9.73. The van der Waals surface area contributed by atoms with Crippen LogP contribution in [0, 0.1) is 6.92 Å². The maximum Gasteiger partial charge on any atom is 0.0335 e. The van der Waals surface area contributed by atoms with Crippen LogP contribution in [0.15, 0.2) is 47.2 Å². The normalized spacial score (nSPS) is 12.4. The number of aryl methyl sites for hydroxylation is 1. The third-order valence-corrected chi connectivity index (χ3v) is 3.70. The average Bonchev–Trinajstić information content (AvgIpc) is 2.34. The first kappa shape index (κ1) is 12.3. The second-order valence-corrected chi connectivity index (χ2v) is 5.03. The molecule has 0 spiro atoms. The molecule has 0 amide bonds. The van der Waals surface area contributed by atoms with Gasteiger partial charge in [0.1, 0.15) is 0 Å². The highest BCUT2D eigenvalue weighted by Gasteiger charge is 2.08. The van der Waals surface area contributed by atoms with Gasteiger partial charge in [-0.2, -0.15) is 0 Å². The summed E-state index contributed by atoms with van der Waals surface area (Å²) in [7, 11) is 0. The number of hydrogen-bond donors (Lipinski definition) is 1. The van der Waals surface area contributed by atoms with Crippen LogP contribution in [-0.2, 0) is 6.42 Å². The fourth-order valence-corrected chi connectivity index (χ4v) is 2.04. The lowest BCUT2D eigenvalue weighted by Gasteiger charge is -2.13. The van der Waals surface area contributed by atoms with Crippen LogP contribution in [-0.4, -0.2) is 4.98 Å². The van der Waals surface area contributed by atoms with Crippen molar-refractivity contribution in [1.29, 1.82) is 0 Å². The number of pyridine rings is 1. The minimum Gasteiger partial charge on any atom is -0.324 e. The van der Waals surface area contributed by atoms with E-state index < -0.39 is 0 Å². The van der Waals surface area contributed by atoms with Gasteiger partial charge in [0.2, 0.25) is 0 Å². The molecule has 0 aliphatic rings. The minimum atomic E-state index is 0.0317. The molecule has 0 saturated heterocycles. The molecule has 3 heteroatoms. The summed E-state index contributed by atoms with van der Waals surface area (Å²) in [6.07, 6.45) is 4.44. The van der Waals surface area contributed by atoms with E-state index in [0.717, 1.165) is 10.9 Å². The largest absolute Gasteiger partial charge is 0.324 e. The Balaban J connectivity index is 2.14. The summed E-state index contributed by atoms with van der Waals surface area (Å²) in [5.41, 5.74) is 9.81. The number of hydrogen-bond acceptors (Lipinski definition) is 2. The van der Waals surface area contributed by atoms with E-state index in [-0.39, 0.29) is 6.04 Å². The molecule has 1 atom stereocenters. The van der Waals surface area contributed by atoms with Gasteiger partial charge in [0, 0.05) is 22.9 Å². The molecule has 2 aromatic rings. The van der Waals surface area contributed by atoms with Gasteiger partial charge in [-0.05, 0) is 48.2 Å². The van der Waals surface area contributed by atoms with Gasteiger partial charge in [0.25, 0.3) is 0 Å². The first-order chi connectivity index (χ1) is 8.16. The van der Waals surface area contributed by atoms with Gasteiger partial charge in [-0.1, -0.05) is 28.1 Å². The van der Waals surface area contributed by atoms with Crippen molar-refractivity contribution in [3.8, 4) is 0 Å². The number of nitrogens with zero attached hydrogens (tertiary/aromatic N) is 1. The van der Waals surface area contributed by atoms with E-state index in [1.165, 1.54) is 16.7 Å². The van der Waals surface area contributed by atoms with Gasteiger partial charge in [-0.3, -0.25) is 4.98 Å². The van der Waals surface area contributed by atoms with Crippen LogP contribution in [0.3, 0.4) is 0 Å². The fourth-order valence-electron chi connectivity index (χ4n) is 1.79. The molecular weight excluding hydrogens is 276 g/mol. The standard InChI is InChI=1S/C14H15BrN2/c1-10-8-12(2-3-13(10)15)14(16)9-11-4-6-17-7-5-11/h2-8,14H,9,16H2,1H3. The van der Waals surface area contributed by atoms with Gasteiger partial charge in [0.05, 0.1) is 0 Å². The number of benzene rings is 1. The maximum absolute atomic E-state index is 6.21. The van der Waals surface area contributed by atoms with Crippen molar-refractivity contribution >= 4 is 15.9 Å². The second-order valence-electron chi connectivity index (χ2n) is 4.17. The van der Waals surface area contributed by atoms with Crippen LogP contribution in [0.25, 0.3) is 0 Å². The number of halogens is 1. The predicted octanol–water partition coefficient (Wildman–Crippen LogP) is 3.40. The molecule has 2 rings (SSSR count). The summed E-state index contributed by atoms with van der Waals surface area (Å²) in [4.78, 5) is 4.00. The maximum atomic E-state index is 6.21. The molecule has 0 saturated carbocycles. The number of nitrogens with two attached hydrogens (primary N) is 1. The summed E-state index contributed by atoms with van der Waals surface area (Å²) in [5.74, 6) is 0. The Morgan fingerprint density at radius 3 is 2.59 bits per heavy atom. The average molecular weight is 291 g/mol. The van der Waals surface area contributed by atoms with Crippen molar-refractivity contribution in [3.05, 3.63) is 63.9 Å². The van der Waals surface area contributed by atoms with Crippen LogP contribution in [0.4, 0.5) is 0 Å². The summed E-state index contributed by atoms with van der Waals surface area (Å²) >= 11 is 3.50. The Morgan fingerprint density at radius 2 is 1.94 bits per heavy atom. The Bertz CT molecular complexity index is 497. The first-order valence-corrected chi connectivity index (χ1v) is 6.36. The Morgan fingerprint density at radius 1 is 1.24 bits per heavy atom. The molecule has 0 radical (unpaired) electrons. The highest BCUT2D eigenvalue weighted by atomic mass is 79.9. The smallest absolute Gasteiger partial charge is 0.0335 e. The van der Waals surface area contributed by atoms with E-state index in [4.69, 9.17) is 5.73 Å². The monoisotopic (exact) mass is 290 g/mol. The number of rotatable bonds is 3. The third-order valence-electron chi connectivity index (χ3n) is 2.82. The van der Waals surface area contributed by atoms with Crippen molar-refractivity contribution in [1.82, 2.24) is 4.98 Å². The lowest BCUT2D eigenvalue weighted by Crippen LogP contribution is -2.13. The second kappa shape index (κ2) is 5.43. The zero-order chi connectivity index (χ0) is 12.3. The van der Waals surface area contributed by atoms with Gasteiger partial charge in [-0.15, -0.1) is 0 Å². The summed E-state index contributed by atoms with van der Waals surface area (Å²) in [5, 5.41) is 0. The Hall–Kier alpha value is -1.19. The van der Waals surface area contributed by atoms with Crippen LogP contribution < -0.4 is 5.73 Å². The van der Waals surface area contributed by atoms with Gasteiger partial charge in [-0.25, -0.2) is 0 Å². The molecule has 0 aliphatic heterocycles. The Labute approximate surface area is 110 Å². The lowest BCUT2D eigenvalue weighted by atomic mass is 9.99. The van der Waals surface area contributed by atoms with Gasteiger partial charge < -0.3 is 5.73 Å². The number of aromatic nitrogens is 1.